The molecule has 0 spiro atoms. The predicted octanol–water partition coefficient (Wildman–Crippen LogP) is 5.34. The predicted molar refractivity (Wildman–Crippen MR) is 144 cm³/mol. The number of alkyl halides is 3. The second-order valence-corrected chi connectivity index (χ2v) is 10.9. The number of hydrogen-bond acceptors (Lipinski definition) is 8. The van der Waals surface area contributed by atoms with Crippen LogP contribution in [0.1, 0.15) is 17.8 Å². The van der Waals surface area contributed by atoms with E-state index in [2.05, 4.69) is 25.6 Å². The lowest BCUT2D eigenvalue weighted by Gasteiger charge is -2.26. The number of fused-ring (bicyclic) bond motifs is 1. The molecule has 2 saturated heterocycles. The molecule has 2 aromatic carbocycles. The molecule has 2 aliphatic rings. The lowest BCUT2D eigenvalue weighted by atomic mass is 10.1. The summed E-state index contributed by atoms with van der Waals surface area (Å²) in [5.41, 5.74) is 1.01. The average molecular weight is 555 g/mol. The van der Waals surface area contributed by atoms with Crippen LogP contribution in [0.4, 0.5) is 24.8 Å². The zero-order valence-electron chi connectivity index (χ0n) is 21.0. The third-order valence-electron chi connectivity index (χ3n) is 6.68. The summed E-state index contributed by atoms with van der Waals surface area (Å²) < 4.78 is 48.0. The molecule has 2 atom stereocenters. The number of benzene rings is 2. The van der Waals surface area contributed by atoms with E-state index in [4.69, 9.17) is 4.74 Å². The lowest BCUT2D eigenvalue weighted by molar-refractivity contribution is -0.119. The van der Waals surface area contributed by atoms with Gasteiger partial charge in [0.15, 0.2) is 0 Å². The first-order chi connectivity index (χ1) is 18.8. The number of amides is 1. The Balaban J connectivity index is 1.31. The van der Waals surface area contributed by atoms with Crippen molar-refractivity contribution in [2.24, 2.45) is 0 Å². The Morgan fingerprint density at radius 2 is 1.95 bits per heavy atom. The van der Waals surface area contributed by atoms with Crippen molar-refractivity contribution >= 4 is 39.7 Å². The number of hydrogen-bond donors (Lipinski definition) is 2. The molecule has 0 saturated carbocycles. The number of ether oxygens (including phenoxy) is 1. The SMILES string of the molecule is Cc1nc(Oc2ccc(N3CC(F)(F)CC3=O)c3ccccc23)c(-c2ccnc(N[C@@H]3CNC[C@@H](F)C3)n2)s1. The molecular formula is C27H25F3N6O2S. The van der Waals surface area contributed by atoms with E-state index < -0.39 is 31.0 Å². The highest BCUT2D eigenvalue weighted by atomic mass is 32.1. The van der Waals surface area contributed by atoms with Crippen LogP contribution in [0, 0.1) is 6.92 Å². The number of thiazole rings is 1. The van der Waals surface area contributed by atoms with Crippen LogP contribution in [0.15, 0.2) is 48.7 Å². The molecule has 1 amide bonds. The molecule has 6 rings (SSSR count). The Kier molecular flexibility index (Phi) is 6.59. The monoisotopic (exact) mass is 554 g/mol. The van der Waals surface area contributed by atoms with Crippen molar-refractivity contribution in [3.05, 3.63) is 53.7 Å². The van der Waals surface area contributed by atoms with Crippen LogP contribution in [-0.4, -0.2) is 58.6 Å². The van der Waals surface area contributed by atoms with Gasteiger partial charge in [-0.25, -0.2) is 28.1 Å². The van der Waals surface area contributed by atoms with Crippen LogP contribution in [0.2, 0.25) is 0 Å². The Bertz CT molecular complexity index is 1550. The number of nitrogens with one attached hydrogen (secondary N) is 2. The topological polar surface area (TPSA) is 92.3 Å². The van der Waals surface area contributed by atoms with Gasteiger partial charge < -0.3 is 20.3 Å². The molecule has 2 fully saturated rings. The van der Waals surface area contributed by atoms with Gasteiger partial charge in [-0.05, 0) is 25.1 Å². The van der Waals surface area contributed by atoms with Crippen LogP contribution >= 0.6 is 11.3 Å². The van der Waals surface area contributed by atoms with E-state index in [1.54, 1.807) is 36.5 Å². The first-order valence-corrected chi connectivity index (χ1v) is 13.4. The smallest absolute Gasteiger partial charge is 0.274 e. The third-order valence-corrected chi connectivity index (χ3v) is 7.65. The number of carbonyl (C=O) groups excluding carboxylic acids is 1. The second kappa shape index (κ2) is 10.1. The average Bonchev–Trinajstić information content (AvgIpc) is 3.41. The molecule has 0 radical (unpaired) electrons. The summed E-state index contributed by atoms with van der Waals surface area (Å²) in [7, 11) is 0. The van der Waals surface area contributed by atoms with Crippen LogP contribution in [-0.2, 0) is 4.79 Å². The highest BCUT2D eigenvalue weighted by Gasteiger charge is 2.45. The van der Waals surface area contributed by atoms with Gasteiger partial charge in [-0.15, -0.1) is 11.3 Å². The van der Waals surface area contributed by atoms with Crippen molar-refractivity contribution in [1.82, 2.24) is 20.3 Å². The van der Waals surface area contributed by atoms with Crippen LogP contribution < -0.4 is 20.3 Å². The molecule has 0 aliphatic carbocycles. The first kappa shape index (κ1) is 25.5. The van der Waals surface area contributed by atoms with Crippen molar-refractivity contribution in [3.8, 4) is 22.2 Å². The number of anilines is 2. The molecule has 0 unspecified atom stereocenters. The summed E-state index contributed by atoms with van der Waals surface area (Å²) >= 11 is 1.41. The standard InChI is InChI=1S/C27H25F3N6O2S/c1-15-33-25(24(39-15)20-8-9-32-26(35-20)34-17-10-16(28)12-31-13-17)38-22-7-6-21(18-4-2-3-5-19(18)22)36-14-27(29,30)11-23(36)37/h2-9,16-17,31H,10-14H2,1H3,(H,32,34,35)/t16-,17-/m0/s1. The molecule has 2 N–H and O–H groups in total. The summed E-state index contributed by atoms with van der Waals surface area (Å²) in [6.45, 7) is 2.16. The fourth-order valence-electron chi connectivity index (χ4n) is 4.97. The van der Waals surface area contributed by atoms with E-state index >= 15 is 0 Å². The molecule has 2 aromatic heterocycles. The number of carbonyl (C=O) groups is 1. The van der Waals surface area contributed by atoms with Gasteiger partial charge >= 0.3 is 0 Å². The highest BCUT2D eigenvalue weighted by Crippen LogP contribution is 2.42. The largest absolute Gasteiger partial charge is 0.437 e. The van der Waals surface area contributed by atoms with Crippen molar-refractivity contribution in [1.29, 1.82) is 0 Å². The normalized spacial score (nSPS) is 20.9. The maximum Gasteiger partial charge on any atom is 0.274 e. The first-order valence-electron chi connectivity index (χ1n) is 12.6. The maximum absolute atomic E-state index is 14.0. The minimum atomic E-state index is -3.06. The quantitative estimate of drug-likeness (QED) is 0.333. The van der Waals surface area contributed by atoms with Crippen LogP contribution in [0.3, 0.4) is 0 Å². The van der Waals surface area contributed by atoms with Gasteiger partial charge in [0.05, 0.1) is 29.4 Å². The number of piperidine rings is 1. The van der Waals surface area contributed by atoms with Crippen molar-refractivity contribution < 1.29 is 22.7 Å². The third kappa shape index (κ3) is 5.26. The van der Waals surface area contributed by atoms with E-state index in [1.165, 1.54) is 11.3 Å². The minimum Gasteiger partial charge on any atom is -0.437 e. The van der Waals surface area contributed by atoms with E-state index in [9.17, 15) is 18.0 Å². The van der Waals surface area contributed by atoms with Crippen molar-refractivity contribution in [3.63, 3.8) is 0 Å². The molecule has 202 valence electrons. The van der Waals surface area contributed by atoms with Gasteiger partial charge in [0, 0.05) is 42.5 Å². The Morgan fingerprint density at radius 1 is 1.13 bits per heavy atom. The number of rotatable bonds is 6. The van der Waals surface area contributed by atoms with Gasteiger partial charge in [-0.2, -0.15) is 0 Å². The summed E-state index contributed by atoms with van der Waals surface area (Å²) in [6, 6.07) is 12.1. The van der Waals surface area contributed by atoms with Gasteiger partial charge in [0.1, 0.15) is 16.8 Å². The van der Waals surface area contributed by atoms with Crippen LogP contribution in [0.25, 0.3) is 21.3 Å². The Labute approximate surface area is 226 Å². The molecule has 4 aromatic rings. The van der Waals surface area contributed by atoms with Crippen LogP contribution in [0.5, 0.6) is 11.6 Å². The summed E-state index contributed by atoms with van der Waals surface area (Å²) in [6.07, 6.45) is 0.269. The molecule has 8 nitrogen and oxygen atoms in total. The number of aryl methyl sites for hydroxylation is 1. The zero-order chi connectivity index (χ0) is 27.1. The fourth-order valence-corrected chi connectivity index (χ4v) is 5.79. The fraction of sp³-hybridized carbons (Fsp3) is 0.333. The molecule has 0 bridgehead atoms. The Hall–Kier alpha value is -3.77. The van der Waals surface area contributed by atoms with Crippen molar-refractivity contribution in [2.45, 2.75) is 37.9 Å². The summed E-state index contributed by atoms with van der Waals surface area (Å²) in [4.78, 5) is 27.7. The zero-order valence-corrected chi connectivity index (χ0v) is 21.8. The molecule has 39 heavy (non-hydrogen) atoms. The lowest BCUT2D eigenvalue weighted by Crippen LogP contribution is -2.44. The number of aromatic nitrogens is 3. The highest BCUT2D eigenvalue weighted by molar-refractivity contribution is 7.15. The van der Waals surface area contributed by atoms with Gasteiger partial charge in [-0.3, -0.25) is 4.79 Å². The van der Waals surface area contributed by atoms with E-state index in [1.807, 2.05) is 19.1 Å². The summed E-state index contributed by atoms with van der Waals surface area (Å²) in [5.74, 6) is -2.49. The van der Waals surface area contributed by atoms with Gasteiger partial charge in [-0.1, -0.05) is 24.3 Å². The Morgan fingerprint density at radius 3 is 2.72 bits per heavy atom. The number of halogens is 3. The van der Waals surface area contributed by atoms with E-state index in [-0.39, 0.29) is 6.04 Å². The van der Waals surface area contributed by atoms with Gasteiger partial charge in [0.2, 0.25) is 17.7 Å². The van der Waals surface area contributed by atoms with Gasteiger partial charge in [0.25, 0.3) is 5.92 Å². The molecule has 2 aliphatic heterocycles. The minimum absolute atomic E-state index is 0.129. The molecule has 4 heterocycles. The number of nitrogens with zero attached hydrogens (tertiary/aromatic N) is 4. The van der Waals surface area contributed by atoms with E-state index in [0.29, 0.717) is 64.1 Å². The summed E-state index contributed by atoms with van der Waals surface area (Å²) in [5, 5.41) is 8.29. The second-order valence-electron chi connectivity index (χ2n) is 9.71. The van der Waals surface area contributed by atoms with E-state index in [0.717, 1.165) is 9.91 Å². The maximum atomic E-state index is 14.0. The van der Waals surface area contributed by atoms with Crippen molar-refractivity contribution in [2.75, 3.05) is 29.9 Å². The molecule has 12 heteroatoms. The molecular weight excluding hydrogens is 529 g/mol.